The lowest BCUT2D eigenvalue weighted by molar-refractivity contribution is -0.0105. The van der Waals surface area contributed by atoms with E-state index in [0.29, 0.717) is 6.04 Å². The Morgan fingerprint density at radius 2 is 2.21 bits per heavy atom. The molecule has 0 aromatic carbocycles. The first-order valence-electron chi connectivity index (χ1n) is 5.70. The lowest BCUT2D eigenvalue weighted by atomic mass is 9.96. The molecule has 0 bridgehead atoms. The molecular weight excluding hydrogens is 176 g/mol. The molecule has 0 aromatic heterocycles. The van der Waals surface area contributed by atoms with E-state index in [4.69, 9.17) is 10.5 Å². The molecule has 1 aliphatic heterocycles. The van der Waals surface area contributed by atoms with Crippen LogP contribution in [0.25, 0.3) is 0 Å². The third kappa shape index (κ3) is 2.27. The number of hydrogen-bond donors (Lipinski definition) is 1. The van der Waals surface area contributed by atoms with Gasteiger partial charge in [0.15, 0.2) is 0 Å². The summed E-state index contributed by atoms with van der Waals surface area (Å²) in [6.45, 7) is 8.23. The summed E-state index contributed by atoms with van der Waals surface area (Å²) in [6, 6.07) is 0.533. The van der Waals surface area contributed by atoms with E-state index in [1.54, 1.807) is 0 Å². The van der Waals surface area contributed by atoms with Gasteiger partial charge in [-0.05, 0) is 32.6 Å². The Hall–Kier alpha value is -0.120. The first-order valence-corrected chi connectivity index (χ1v) is 5.70. The maximum atomic E-state index is 6.33. The lowest BCUT2D eigenvalue weighted by Gasteiger charge is -2.39. The molecule has 1 saturated heterocycles. The van der Waals surface area contributed by atoms with Gasteiger partial charge in [-0.2, -0.15) is 0 Å². The van der Waals surface area contributed by atoms with E-state index in [0.717, 1.165) is 32.2 Å². The Morgan fingerprint density at radius 1 is 1.50 bits per heavy atom. The summed E-state index contributed by atoms with van der Waals surface area (Å²) < 4.78 is 5.42. The van der Waals surface area contributed by atoms with Crippen molar-refractivity contribution < 1.29 is 4.74 Å². The van der Waals surface area contributed by atoms with Crippen molar-refractivity contribution >= 4 is 0 Å². The second kappa shape index (κ2) is 3.80. The Bertz CT molecular complexity index is 201. The SMILES string of the molecule is CC1COCCN1CC(C)(N)C1CC1. The van der Waals surface area contributed by atoms with E-state index < -0.39 is 0 Å². The fourth-order valence-corrected chi connectivity index (χ4v) is 2.31. The second-order valence-electron chi connectivity index (χ2n) is 5.17. The summed E-state index contributed by atoms with van der Waals surface area (Å²) in [5, 5.41) is 0. The van der Waals surface area contributed by atoms with Gasteiger partial charge in [0.2, 0.25) is 0 Å². The molecule has 3 heteroatoms. The van der Waals surface area contributed by atoms with Crippen LogP contribution in [0.1, 0.15) is 26.7 Å². The molecule has 1 heterocycles. The van der Waals surface area contributed by atoms with Gasteiger partial charge in [-0.15, -0.1) is 0 Å². The third-order valence-corrected chi connectivity index (χ3v) is 3.56. The summed E-state index contributed by atoms with van der Waals surface area (Å²) >= 11 is 0. The molecule has 2 atom stereocenters. The van der Waals surface area contributed by atoms with Gasteiger partial charge in [-0.1, -0.05) is 0 Å². The molecule has 2 fully saturated rings. The van der Waals surface area contributed by atoms with Gasteiger partial charge >= 0.3 is 0 Å². The average molecular weight is 198 g/mol. The van der Waals surface area contributed by atoms with Crippen molar-refractivity contribution in [2.24, 2.45) is 11.7 Å². The molecule has 1 aliphatic carbocycles. The van der Waals surface area contributed by atoms with Crippen LogP contribution in [-0.4, -0.2) is 42.8 Å². The summed E-state index contributed by atoms with van der Waals surface area (Å²) in [6.07, 6.45) is 2.65. The van der Waals surface area contributed by atoms with Crippen LogP contribution >= 0.6 is 0 Å². The van der Waals surface area contributed by atoms with Gasteiger partial charge in [0.25, 0.3) is 0 Å². The number of rotatable bonds is 3. The molecule has 82 valence electrons. The average Bonchev–Trinajstić information content (AvgIpc) is 2.91. The summed E-state index contributed by atoms with van der Waals surface area (Å²) in [5.41, 5.74) is 6.35. The fraction of sp³-hybridized carbons (Fsp3) is 1.00. The highest BCUT2D eigenvalue weighted by Crippen LogP contribution is 2.38. The smallest absolute Gasteiger partial charge is 0.0619 e. The van der Waals surface area contributed by atoms with E-state index in [1.165, 1.54) is 12.8 Å². The van der Waals surface area contributed by atoms with Crippen molar-refractivity contribution in [2.45, 2.75) is 38.3 Å². The zero-order valence-corrected chi connectivity index (χ0v) is 9.33. The normalized spacial score (nSPS) is 34.1. The third-order valence-electron chi connectivity index (χ3n) is 3.56. The van der Waals surface area contributed by atoms with Gasteiger partial charge in [-0.25, -0.2) is 0 Å². The zero-order valence-electron chi connectivity index (χ0n) is 9.33. The minimum Gasteiger partial charge on any atom is -0.379 e. The Morgan fingerprint density at radius 3 is 2.79 bits per heavy atom. The van der Waals surface area contributed by atoms with Crippen LogP contribution in [0.3, 0.4) is 0 Å². The molecule has 0 radical (unpaired) electrons. The summed E-state index contributed by atoms with van der Waals surface area (Å²) in [5.74, 6) is 0.762. The van der Waals surface area contributed by atoms with Crippen molar-refractivity contribution in [3.05, 3.63) is 0 Å². The van der Waals surface area contributed by atoms with Crippen LogP contribution in [0.4, 0.5) is 0 Å². The molecule has 2 unspecified atom stereocenters. The lowest BCUT2D eigenvalue weighted by Crippen LogP contribution is -2.55. The maximum absolute atomic E-state index is 6.33. The molecule has 0 spiro atoms. The summed E-state index contributed by atoms with van der Waals surface area (Å²) in [4.78, 5) is 2.47. The van der Waals surface area contributed by atoms with Crippen LogP contribution in [0, 0.1) is 5.92 Å². The monoisotopic (exact) mass is 198 g/mol. The topological polar surface area (TPSA) is 38.5 Å². The predicted molar refractivity (Wildman–Crippen MR) is 57.2 cm³/mol. The fourth-order valence-electron chi connectivity index (χ4n) is 2.31. The highest BCUT2D eigenvalue weighted by Gasteiger charge is 2.40. The Labute approximate surface area is 86.6 Å². The van der Waals surface area contributed by atoms with E-state index in [-0.39, 0.29) is 5.54 Å². The molecule has 2 rings (SSSR count). The van der Waals surface area contributed by atoms with E-state index in [1.807, 2.05) is 0 Å². The molecule has 2 N–H and O–H groups in total. The van der Waals surface area contributed by atoms with Crippen molar-refractivity contribution in [2.75, 3.05) is 26.3 Å². The maximum Gasteiger partial charge on any atom is 0.0619 e. The molecule has 0 aromatic rings. The number of nitrogens with zero attached hydrogens (tertiary/aromatic N) is 1. The molecule has 0 amide bonds. The van der Waals surface area contributed by atoms with Gasteiger partial charge in [0.05, 0.1) is 13.2 Å². The Kier molecular flexibility index (Phi) is 2.82. The van der Waals surface area contributed by atoms with E-state index >= 15 is 0 Å². The van der Waals surface area contributed by atoms with Crippen LogP contribution < -0.4 is 5.73 Å². The van der Waals surface area contributed by atoms with E-state index in [9.17, 15) is 0 Å². The minimum atomic E-state index is 0.0194. The van der Waals surface area contributed by atoms with Crippen LogP contribution in [0.5, 0.6) is 0 Å². The van der Waals surface area contributed by atoms with Crippen LogP contribution in [0.2, 0.25) is 0 Å². The van der Waals surface area contributed by atoms with Crippen LogP contribution in [0.15, 0.2) is 0 Å². The highest BCUT2D eigenvalue weighted by atomic mass is 16.5. The molecule has 2 aliphatic rings. The van der Waals surface area contributed by atoms with Crippen molar-refractivity contribution in [1.82, 2.24) is 4.90 Å². The first-order chi connectivity index (χ1) is 6.59. The largest absolute Gasteiger partial charge is 0.379 e. The number of morpholine rings is 1. The molecule has 1 saturated carbocycles. The van der Waals surface area contributed by atoms with Crippen molar-refractivity contribution in [3.8, 4) is 0 Å². The predicted octanol–water partition coefficient (Wildman–Crippen LogP) is 0.834. The highest BCUT2D eigenvalue weighted by molar-refractivity contribution is 4.98. The van der Waals surface area contributed by atoms with E-state index in [2.05, 4.69) is 18.7 Å². The van der Waals surface area contributed by atoms with Crippen molar-refractivity contribution in [3.63, 3.8) is 0 Å². The molecule has 14 heavy (non-hydrogen) atoms. The first kappa shape index (κ1) is 10.4. The number of nitrogens with two attached hydrogens (primary N) is 1. The summed E-state index contributed by atoms with van der Waals surface area (Å²) in [7, 11) is 0. The zero-order chi connectivity index (χ0) is 10.2. The van der Waals surface area contributed by atoms with Crippen molar-refractivity contribution in [1.29, 1.82) is 0 Å². The minimum absolute atomic E-state index is 0.0194. The Balaban J connectivity index is 1.88. The molecule has 3 nitrogen and oxygen atoms in total. The van der Waals surface area contributed by atoms with Gasteiger partial charge < -0.3 is 10.5 Å². The quantitative estimate of drug-likeness (QED) is 0.730. The molecular formula is C11H22N2O. The standard InChI is InChI=1S/C11H22N2O/c1-9-7-14-6-5-13(9)8-11(2,12)10-3-4-10/h9-10H,3-8,12H2,1-2H3. The van der Waals surface area contributed by atoms with Gasteiger partial charge in [-0.3, -0.25) is 4.90 Å². The second-order valence-corrected chi connectivity index (χ2v) is 5.17. The number of hydrogen-bond acceptors (Lipinski definition) is 3. The van der Waals surface area contributed by atoms with Gasteiger partial charge in [0.1, 0.15) is 0 Å². The van der Waals surface area contributed by atoms with Crippen LogP contribution in [-0.2, 0) is 4.74 Å². The number of ether oxygens (including phenoxy) is 1. The van der Waals surface area contributed by atoms with Gasteiger partial charge in [0, 0.05) is 24.7 Å².